The van der Waals surface area contributed by atoms with E-state index in [9.17, 15) is 0 Å². The van der Waals surface area contributed by atoms with Crippen molar-refractivity contribution in [3.8, 4) is 0 Å². The van der Waals surface area contributed by atoms with Gasteiger partial charge in [-0.1, -0.05) is 42.5 Å². The highest BCUT2D eigenvalue weighted by Crippen LogP contribution is 2.22. The van der Waals surface area contributed by atoms with E-state index in [1.54, 1.807) is 0 Å². The van der Waals surface area contributed by atoms with Crippen molar-refractivity contribution < 1.29 is 0 Å². The zero-order chi connectivity index (χ0) is 13.9. The molecule has 100 valence electrons. The summed E-state index contributed by atoms with van der Waals surface area (Å²) in [6.45, 7) is 0.851. The van der Waals surface area contributed by atoms with Crippen LogP contribution in [0.3, 0.4) is 0 Å². The van der Waals surface area contributed by atoms with Gasteiger partial charge in [-0.25, -0.2) is 0 Å². The van der Waals surface area contributed by atoms with E-state index in [-0.39, 0.29) is 0 Å². The molecule has 0 spiro atoms. The van der Waals surface area contributed by atoms with E-state index in [0.29, 0.717) is 0 Å². The Balaban J connectivity index is 1.86. The predicted octanol–water partition coefficient (Wildman–Crippen LogP) is 4.06. The molecule has 2 nitrogen and oxygen atoms in total. The third-order valence-corrected chi connectivity index (χ3v) is 3.54. The fourth-order valence-electron chi connectivity index (χ4n) is 2.47. The molecule has 0 bridgehead atoms. The summed E-state index contributed by atoms with van der Waals surface area (Å²) in [6, 6.07) is 23.0. The molecule has 0 aliphatic rings. The SMILES string of the molecule is CN(Cc1cccc(N)c1)c1ccc2ccccc2c1. The van der Waals surface area contributed by atoms with Crippen molar-refractivity contribution in [2.24, 2.45) is 0 Å². The van der Waals surface area contributed by atoms with Crippen LogP contribution in [0.1, 0.15) is 5.56 Å². The van der Waals surface area contributed by atoms with Crippen LogP contribution in [0.25, 0.3) is 10.8 Å². The minimum Gasteiger partial charge on any atom is -0.399 e. The average molecular weight is 262 g/mol. The molecule has 0 aliphatic carbocycles. The summed E-state index contributed by atoms with van der Waals surface area (Å²) >= 11 is 0. The minimum atomic E-state index is 0.814. The Hall–Kier alpha value is -2.48. The molecule has 3 aromatic carbocycles. The van der Waals surface area contributed by atoms with Gasteiger partial charge in [0.2, 0.25) is 0 Å². The first-order valence-electron chi connectivity index (χ1n) is 6.77. The topological polar surface area (TPSA) is 29.3 Å². The summed E-state index contributed by atoms with van der Waals surface area (Å²) in [7, 11) is 2.10. The Morgan fingerprint density at radius 1 is 0.850 bits per heavy atom. The summed E-state index contributed by atoms with van der Waals surface area (Å²) in [6.07, 6.45) is 0. The largest absolute Gasteiger partial charge is 0.399 e. The molecule has 0 unspecified atom stereocenters. The predicted molar refractivity (Wildman–Crippen MR) is 86.9 cm³/mol. The van der Waals surface area contributed by atoms with Gasteiger partial charge in [0.25, 0.3) is 0 Å². The van der Waals surface area contributed by atoms with Gasteiger partial charge in [-0.15, -0.1) is 0 Å². The Bertz CT molecular complexity index is 734. The van der Waals surface area contributed by atoms with E-state index in [1.165, 1.54) is 22.0 Å². The molecular weight excluding hydrogens is 244 g/mol. The molecule has 0 heterocycles. The third kappa shape index (κ3) is 2.59. The normalized spacial score (nSPS) is 10.7. The fourth-order valence-corrected chi connectivity index (χ4v) is 2.47. The third-order valence-electron chi connectivity index (χ3n) is 3.54. The van der Waals surface area contributed by atoms with Crippen molar-refractivity contribution in [3.05, 3.63) is 72.3 Å². The maximum absolute atomic E-state index is 5.83. The maximum Gasteiger partial charge on any atom is 0.0426 e. The standard InChI is InChI=1S/C18H18N2/c1-20(13-14-5-4-8-17(19)11-14)18-10-9-15-6-2-3-7-16(15)12-18/h2-12H,13,19H2,1H3. The van der Waals surface area contributed by atoms with Crippen LogP contribution in [-0.4, -0.2) is 7.05 Å². The number of nitrogens with zero attached hydrogens (tertiary/aromatic N) is 1. The Morgan fingerprint density at radius 2 is 1.65 bits per heavy atom. The van der Waals surface area contributed by atoms with Crippen LogP contribution < -0.4 is 10.6 Å². The van der Waals surface area contributed by atoms with Crippen molar-refractivity contribution in [1.82, 2.24) is 0 Å². The molecule has 0 aromatic heterocycles. The molecule has 3 aromatic rings. The van der Waals surface area contributed by atoms with E-state index in [0.717, 1.165) is 12.2 Å². The van der Waals surface area contributed by atoms with Crippen molar-refractivity contribution in [1.29, 1.82) is 0 Å². The van der Waals surface area contributed by atoms with Crippen LogP contribution >= 0.6 is 0 Å². The van der Waals surface area contributed by atoms with Gasteiger partial charge in [0.15, 0.2) is 0 Å². The van der Waals surface area contributed by atoms with Gasteiger partial charge in [0, 0.05) is 25.0 Å². The Labute approximate surface area is 119 Å². The molecule has 0 saturated carbocycles. The number of benzene rings is 3. The van der Waals surface area contributed by atoms with Crippen LogP contribution in [0.5, 0.6) is 0 Å². The lowest BCUT2D eigenvalue weighted by molar-refractivity contribution is 0.925. The van der Waals surface area contributed by atoms with Gasteiger partial charge >= 0.3 is 0 Å². The van der Waals surface area contributed by atoms with Gasteiger partial charge in [0.05, 0.1) is 0 Å². The van der Waals surface area contributed by atoms with Gasteiger partial charge in [0.1, 0.15) is 0 Å². The first-order chi connectivity index (χ1) is 9.72. The lowest BCUT2D eigenvalue weighted by Gasteiger charge is -2.20. The molecular formula is C18H18N2. The van der Waals surface area contributed by atoms with Gasteiger partial charge in [-0.3, -0.25) is 0 Å². The highest BCUT2D eigenvalue weighted by Gasteiger charge is 2.03. The number of hydrogen-bond donors (Lipinski definition) is 1. The molecule has 2 heteroatoms. The number of nitrogen functional groups attached to an aromatic ring is 1. The monoisotopic (exact) mass is 262 g/mol. The lowest BCUT2D eigenvalue weighted by Crippen LogP contribution is -2.16. The van der Waals surface area contributed by atoms with E-state index in [2.05, 4.69) is 60.5 Å². The van der Waals surface area contributed by atoms with E-state index < -0.39 is 0 Å². The fraction of sp³-hybridized carbons (Fsp3) is 0.111. The van der Waals surface area contributed by atoms with E-state index in [1.807, 2.05) is 18.2 Å². The first-order valence-corrected chi connectivity index (χ1v) is 6.77. The number of nitrogens with two attached hydrogens (primary N) is 1. The van der Waals surface area contributed by atoms with Gasteiger partial charge in [-0.2, -0.15) is 0 Å². The van der Waals surface area contributed by atoms with Crippen molar-refractivity contribution >= 4 is 22.1 Å². The zero-order valence-corrected chi connectivity index (χ0v) is 11.6. The zero-order valence-electron chi connectivity index (χ0n) is 11.6. The van der Waals surface area contributed by atoms with Crippen LogP contribution in [0.2, 0.25) is 0 Å². The molecule has 20 heavy (non-hydrogen) atoms. The molecule has 2 N–H and O–H groups in total. The number of hydrogen-bond acceptors (Lipinski definition) is 2. The summed E-state index contributed by atoms with van der Waals surface area (Å²) in [5, 5.41) is 2.54. The number of rotatable bonds is 3. The average Bonchev–Trinajstić information content (AvgIpc) is 2.47. The van der Waals surface area contributed by atoms with E-state index in [4.69, 9.17) is 5.73 Å². The lowest BCUT2D eigenvalue weighted by atomic mass is 10.1. The minimum absolute atomic E-state index is 0.814. The molecule has 3 rings (SSSR count). The maximum atomic E-state index is 5.83. The second kappa shape index (κ2) is 5.25. The number of anilines is 2. The van der Waals surface area contributed by atoms with Crippen LogP contribution in [-0.2, 0) is 6.54 Å². The highest BCUT2D eigenvalue weighted by atomic mass is 15.1. The summed E-state index contributed by atoms with van der Waals surface area (Å²) in [5.74, 6) is 0. The smallest absolute Gasteiger partial charge is 0.0426 e. The Morgan fingerprint density at radius 3 is 2.45 bits per heavy atom. The van der Waals surface area contributed by atoms with Crippen LogP contribution in [0.4, 0.5) is 11.4 Å². The van der Waals surface area contributed by atoms with Crippen molar-refractivity contribution in [2.45, 2.75) is 6.54 Å². The number of fused-ring (bicyclic) bond motifs is 1. The summed E-state index contributed by atoms with van der Waals surface area (Å²) < 4.78 is 0. The second-order valence-electron chi connectivity index (χ2n) is 5.13. The van der Waals surface area contributed by atoms with Crippen molar-refractivity contribution in [3.63, 3.8) is 0 Å². The summed E-state index contributed by atoms with van der Waals surface area (Å²) in [5.41, 5.74) is 9.08. The molecule has 0 aliphatic heterocycles. The highest BCUT2D eigenvalue weighted by molar-refractivity contribution is 5.85. The molecule has 0 amide bonds. The van der Waals surface area contributed by atoms with Crippen LogP contribution in [0.15, 0.2) is 66.7 Å². The molecule has 0 atom stereocenters. The van der Waals surface area contributed by atoms with Crippen LogP contribution in [0, 0.1) is 0 Å². The molecule has 0 saturated heterocycles. The van der Waals surface area contributed by atoms with Gasteiger partial charge in [-0.05, 0) is 40.6 Å². The second-order valence-corrected chi connectivity index (χ2v) is 5.13. The summed E-state index contributed by atoms with van der Waals surface area (Å²) in [4.78, 5) is 2.24. The first kappa shape index (κ1) is 12.5. The Kier molecular flexibility index (Phi) is 3.30. The van der Waals surface area contributed by atoms with Crippen molar-refractivity contribution in [2.75, 3.05) is 17.7 Å². The van der Waals surface area contributed by atoms with Gasteiger partial charge < -0.3 is 10.6 Å². The van der Waals surface area contributed by atoms with E-state index >= 15 is 0 Å². The quantitative estimate of drug-likeness (QED) is 0.721. The molecule has 0 fully saturated rings. The molecule has 0 radical (unpaired) electrons.